The van der Waals surface area contributed by atoms with Gasteiger partial charge in [-0.25, -0.2) is 9.59 Å². The summed E-state index contributed by atoms with van der Waals surface area (Å²) in [7, 11) is 2.79. The van der Waals surface area contributed by atoms with E-state index in [1.165, 1.54) is 26.4 Å². The SMILES string of the molecule is COc1cc(NC(=O)N[C@@H](CO)C(=O)O)c(OC)cc1Cl. The Bertz CT molecular complexity index is 537. The van der Waals surface area contributed by atoms with Crippen LogP contribution in [-0.2, 0) is 4.79 Å². The number of aliphatic hydroxyl groups excluding tert-OH is 1. The number of carbonyl (C=O) groups is 2. The van der Waals surface area contributed by atoms with Crippen molar-refractivity contribution in [1.29, 1.82) is 0 Å². The van der Waals surface area contributed by atoms with Gasteiger partial charge < -0.3 is 30.3 Å². The molecule has 0 fully saturated rings. The van der Waals surface area contributed by atoms with Gasteiger partial charge in [-0.15, -0.1) is 0 Å². The number of urea groups is 1. The molecular weight excluding hydrogens is 304 g/mol. The van der Waals surface area contributed by atoms with Crippen LogP contribution in [-0.4, -0.2) is 49.1 Å². The molecule has 0 saturated heterocycles. The minimum atomic E-state index is -1.41. The molecule has 4 N–H and O–H groups in total. The van der Waals surface area contributed by atoms with Gasteiger partial charge in [0, 0.05) is 12.1 Å². The molecule has 1 aromatic carbocycles. The lowest BCUT2D eigenvalue weighted by atomic mass is 10.2. The number of hydrogen-bond acceptors (Lipinski definition) is 5. The summed E-state index contributed by atoms with van der Waals surface area (Å²) in [6.07, 6.45) is 0. The molecule has 0 aliphatic carbocycles. The number of ether oxygens (including phenoxy) is 2. The van der Waals surface area contributed by atoms with Crippen molar-refractivity contribution in [2.45, 2.75) is 6.04 Å². The Kier molecular flexibility index (Phi) is 6.07. The summed E-state index contributed by atoms with van der Waals surface area (Å²) in [6.45, 7) is -0.732. The predicted molar refractivity (Wildman–Crippen MR) is 75.2 cm³/mol. The van der Waals surface area contributed by atoms with Crippen molar-refractivity contribution in [2.24, 2.45) is 0 Å². The first-order valence-electron chi connectivity index (χ1n) is 5.75. The number of aliphatic carboxylic acids is 1. The molecule has 0 heterocycles. The minimum absolute atomic E-state index is 0.235. The fourth-order valence-electron chi connectivity index (χ4n) is 1.46. The van der Waals surface area contributed by atoms with Crippen LogP contribution in [0, 0.1) is 0 Å². The molecule has 1 aromatic rings. The van der Waals surface area contributed by atoms with E-state index in [0.717, 1.165) is 0 Å². The average molecular weight is 319 g/mol. The first-order valence-corrected chi connectivity index (χ1v) is 6.13. The number of carbonyl (C=O) groups excluding carboxylic acids is 1. The molecule has 0 radical (unpaired) electrons. The maximum absolute atomic E-state index is 11.7. The normalized spacial score (nSPS) is 11.4. The third kappa shape index (κ3) is 4.40. The van der Waals surface area contributed by atoms with Gasteiger partial charge in [0.2, 0.25) is 0 Å². The van der Waals surface area contributed by atoms with Crippen molar-refractivity contribution in [3.8, 4) is 11.5 Å². The van der Waals surface area contributed by atoms with Gasteiger partial charge in [-0.05, 0) is 0 Å². The van der Waals surface area contributed by atoms with Crippen LogP contribution in [0.25, 0.3) is 0 Å². The smallest absolute Gasteiger partial charge is 0.328 e. The fourth-order valence-corrected chi connectivity index (χ4v) is 1.69. The Morgan fingerprint density at radius 1 is 1.29 bits per heavy atom. The molecule has 0 saturated carbocycles. The van der Waals surface area contributed by atoms with Gasteiger partial charge in [0.15, 0.2) is 6.04 Å². The van der Waals surface area contributed by atoms with Crippen LogP contribution >= 0.6 is 11.6 Å². The van der Waals surface area contributed by atoms with Crippen LogP contribution in [0.15, 0.2) is 12.1 Å². The topological polar surface area (TPSA) is 117 Å². The molecule has 1 rings (SSSR count). The maximum atomic E-state index is 11.7. The molecule has 0 aliphatic rings. The van der Waals surface area contributed by atoms with Gasteiger partial charge in [0.25, 0.3) is 0 Å². The highest BCUT2D eigenvalue weighted by Crippen LogP contribution is 2.35. The summed E-state index contributed by atoms with van der Waals surface area (Å²) in [5, 5.41) is 22.4. The summed E-state index contributed by atoms with van der Waals surface area (Å²) in [5.74, 6) is -0.773. The summed E-state index contributed by atoms with van der Waals surface area (Å²) < 4.78 is 10.1. The molecule has 0 aromatic heterocycles. The van der Waals surface area contributed by atoms with Crippen molar-refractivity contribution < 1.29 is 29.3 Å². The number of methoxy groups -OCH3 is 2. The highest BCUT2D eigenvalue weighted by Gasteiger charge is 2.20. The van der Waals surface area contributed by atoms with Crippen molar-refractivity contribution >= 4 is 29.3 Å². The van der Waals surface area contributed by atoms with E-state index in [9.17, 15) is 9.59 Å². The van der Waals surface area contributed by atoms with Gasteiger partial charge in [-0.3, -0.25) is 0 Å². The Balaban J connectivity index is 2.91. The predicted octanol–water partition coefficient (Wildman–Crippen LogP) is 0.924. The molecule has 116 valence electrons. The number of rotatable bonds is 6. The highest BCUT2D eigenvalue weighted by molar-refractivity contribution is 6.32. The molecule has 8 nitrogen and oxygen atoms in total. The number of carboxylic acid groups (broad SMARTS) is 1. The third-order valence-electron chi connectivity index (χ3n) is 2.51. The molecular formula is C12H15ClN2O6. The Labute approximate surface area is 125 Å². The van der Waals surface area contributed by atoms with Crippen LogP contribution in [0.2, 0.25) is 5.02 Å². The van der Waals surface area contributed by atoms with Crippen LogP contribution in [0.1, 0.15) is 0 Å². The quantitative estimate of drug-likeness (QED) is 0.619. The monoisotopic (exact) mass is 318 g/mol. The summed E-state index contributed by atoms with van der Waals surface area (Å²) in [6, 6.07) is 0.635. The van der Waals surface area contributed by atoms with E-state index >= 15 is 0 Å². The zero-order valence-electron chi connectivity index (χ0n) is 11.3. The Morgan fingerprint density at radius 3 is 2.38 bits per heavy atom. The number of aliphatic hydroxyl groups is 1. The van der Waals surface area contributed by atoms with Gasteiger partial charge in [0.1, 0.15) is 11.5 Å². The fraction of sp³-hybridized carbons (Fsp3) is 0.333. The van der Waals surface area contributed by atoms with E-state index in [-0.39, 0.29) is 11.4 Å². The van der Waals surface area contributed by atoms with Crippen molar-refractivity contribution in [3.05, 3.63) is 17.2 Å². The minimum Gasteiger partial charge on any atom is -0.495 e. The van der Waals surface area contributed by atoms with Crippen LogP contribution < -0.4 is 20.1 Å². The highest BCUT2D eigenvalue weighted by atomic mass is 35.5. The largest absolute Gasteiger partial charge is 0.495 e. The zero-order chi connectivity index (χ0) is 16.0. The second-order valence-corrected chi connectivity index (χ2v) is 4.27. The Morgan fingerprint density at radius 2 is 1.90 bits per heavy atom. The molecule has 0 unspecified atom stereocenters. The molecule has 2 amide bonds. The number of halogens is 1. The van der Waals surface area contributed by atoms with Crippen molar-refractivity contribution in [1.82, 2.24) is 5.32 Å². The molecule has 9 heteroatoms. The third-order valence-corrected chi connectivity index (χ3v) is 2.80. The lowest BCUT2D eigenvalue weighted by molar-refractivity contribution is -0.140. The van der Waals surface area contributed by atoms with Gasteiger partial charge in [-0.1, -0.05) is 11.6 Å². The maximum Gasteiger partial charge on any atom is 0.328 e. The second kappa shape index (κ2) is 7.55. The summed E-state index contributed by atoms with van der Waals surface area (Å²) in [5.41, 5.74) is 0.235. The average Bonchev–Trinajstić information content (AvgIpc) is 2.45. The Hall–Kier alpha value is -2.19. The van der Waals surface area contributed by atoms with E-state index in [1.54, 1.807) is 0 Å². The van der Waals surface area contributed by atoms with Gasteiger partial charge in [0.05, 0.1) is 31.5 Å². The second-order valence-electron chi connectivity index (χ2n) is 3.86. The first kappa shape index (κ1) is 16.9. The van der Waals surface area contributed by atoms with Crippen molar-refractivity contribution in [2.75, 3.05) is 26.1 Å². The van der Waals surface area contributed by atoms with Crippen molar-refractivity contribution in [3.63, 3.8) is 0 Å². The number of hydrogen-bond donors (Lipinski definition) is 4. The summed E-state index contributed by atoms with van der Waals surface area (Å²) in [4.78, 5) is 22.4. The molecule has 0 aliphatic heterocycles. The molecule has 21 heavy (non-hydrogen) atoms. The zero-order valence-corrected chi connectivity index (χ0v) is 12.1. The lowest BCUT2D eigenvalue weighted by Crippen LogP contribution is -2.45. The number of nitrogens with one attached hydrogen (secondary N) is 2. The number of benzene rings is 1. The van der Waals surface area contributed by atoms with Crippen LogP contribution in [0.4, 0.5) is 10.5 Å². The van der Waals surface area contributed by atoms with Crippen LogP contribution in [0.3, 0.4) is 0 Å². The van der Waals surface area contributed by atoms with E-state index in [4.69, 9.17) is 31.3 Å². The van der Waals surface area contributed by atoms with E-state index in [0.29, 0.717) is 10.8 Å². The van der Waals surface area contributed by atoms with E-state index < -0.39 is 24.6 Å². The lowest BCUT2D eigenvalue weighted by Gasteiger charge is -2.15. The summed E-state index contributed by atoms with van der Waals surface area (Å²) >= 11 is 5.92. The molecule has 1 atom stereocenters. The number of anilines is 1. The van der Waals surface area contributed by atoms with Gasteiger partial charge >= 0.3 is 12.0 Å². The van der Waals surface area contributed by atoms with Crippen LogP contribution in [0.5, 0.6) is 11.5 Å². The standard InChI is InChI=1S/C12H15ClN2O6/c1-20-9-4-7(10(21-2)3-6(9)13)14-12(19)15-8(5-16)11(17)18/h3-4,8,16H,5H2,1-2H3,(H,17,18)(H2,14,15,19)/t8-/m0/s1. The molecule has 0 bridgehead atoms. The first-order chi connectivity index (χ1) is 9.92. The van der Waals surface area contributed by atoms with E-state index in [2.05, 4.69) is 10.6 Å². The number of carboxylic acids is 1. The van der Waals surface area contributed by atoms with E-state index in [1.807, 2.05) is 0 Å². The number of amides is 2. The van der Waals surface area contributed by atoms with Gasteiger partial charge in [-0.2, -0.15) is 0 Å². The molecule has 0 spiro atoms.